The zero-order valence-corrected chi connectivity index (χ0v) is 27.2. The molecular formula is C39H18B5N5S. The second-order valence-corrected chi connectivity index (χ2v) is 13.5. The van der Waals surface area contributed by atoms with Crippen molar-refractivity contribution in [2.24, 2.45) is 0 Å². The molecule has 4 heterocycles. The summed E-state index contributed by atoms with van der Waals surface area (Å²) in [6.07, 6.45) is 0. The molecule has 0 aliphatic carbocycles. The molecule has 0 fully saturated rings. The first kappa shape index (κ1) is 29.4. The van der Waals surface area contributed by atoms with Crippen LogP contribution in [0.3, 0.4) is 0 Å². The lowest BCUT2D eigenvalue weighted by molar-refractivity contribution is 0.956. The molecule has 6 aromatic carbocycles. The van der Waals surface area contributed by atoms with Crippen LogP contribution in [0.15, 0.2) is 103 Å². The second-order valence-electron chi connectivity index (χ2n) is 12.4. The molecule has 0 amide bonds. The Morgan fingerprint density at radius 2 is 1.18 bits per heavy atom. The average Bonchev–Trinajstić information content (AvgIpc) is 3.82. The van der Waals surface area contributed by atoms with Crippen LogP contribution in [0.2, 0.25) is 0 Å². The highest BCUT2D eigenvalue weighted by atomic mass is 32.1. The van der Waals surface area contributed by atoms with Crippen molar-refractivity contribution in [1.29, 1.82) is 0 Å². The van der Waals surface area contributed by atoms with Gasteiger partial charge in [0, 0.05) is 58.4 Å². The number of hydrogen-bond donors (Lipinski definition) is 1. The van der Waals surface area contributed by atoms with E-state index in [-0.39, 0.29) is 33.1 Å². The van der Waals surface area contributed by atoms with E-state index in [0.717, 1.165) is 59.3 Å². The molecule has 10 rings (SSSR count). The number of hydrogen-bond acceptors (Lipinski definition) is 4. The van der Waals surface area contributed by atoms with Gasteiger partial charge < -0.3 is 4.98 Å². The molecule has 10 radical (unpaired) electrons. The monoisotopic (exact) mass is 643 g/mol. The van der Waals surface area contributed by atoms with E-state index in [0.29, 0.717) is 17.3 Å². The van der Waals surface area contributed by atoms with Gasteiger partial charge in [-0.1, -0.05) is 83.7 Å². The molecule has 5 nitrogen and oxygen atoms in total. The van der Waals surface area contributed by atoms with Gasteiger partial charge in [0.2, 0.25) is 5.95 Å². The maximum absolute atomic E-state index is 6.61. The number of nitrogens with zero attached hydrogens (tertiary/aromatic N) is 4. The number of para-hydroxylation sites is 2. The second kappa shape index (κ2) is 10.7. The number of H-pyrrole nitrogens is 1. The normalized spacial score (nSPS) is 12.0. The molecule has 0 unspecified atom stereocenters. The van der Waals surface area contributed by atoms with Crippen LogP contribution in [0.1, 0.15) is 0 Å². The van der Waals surface area contributed by atoms with E-state index in [1.54, 1.807) is 11.3 Å². The van der Waals surface area contributed by atoms with Crippen molar-refractivity contribution in [2.45, 2.75) is 0 Å². The fourth-order valence-corrected chi connectivity index (χ4v) is 8.51. The smallest absolute Gasteiger partial charge is 0.238 e. The van der Waals surface area contributed by atoms with Gasteiger partial charge in [-0.3, -0.25) is 4.57 Å². The molecule has 0 saturated heterocycles. The molecule has 11 heteroatoms. The lowest BCUT2D eigenvalue weighted by Crippen LogP contribution is -2.55. The molecule has 50 heavy (non-hydrogen) atoms. The van der Waals surface area contributed by atoms with Gasteiger partial charge in [0.25, 0.3) is 0 Å². The van der Waals surface area contributed by atoms with Gasteiger partial charge >= 0.3 is 0 Å². The van der Waals surface area contributed by atoms with E-state index in [1.165, 1.54) is 10.1 Å². The summed E-state index contributed by atoms with van der Waals surface area (Å²) in [7, 11) is 32.1. The van der Waals surface area contributed by atoms with Crippen molar-refractivity contribution < 1.29 is 0 Å². The predicted octanol–water partition coefficient (Wildman–Crippen LogP) is 4.27. The molecule has 10 aromatic rings. The Morgan fingerprint density at radius 3 is 2.00 bits per heavy atom. The molecule has 4 aromatic heterocycles. The number of thiophene rings is 1. The predicted molar refractivity (Wildman–Crippen MR) is 214 cm³/mol. The maximum Gasteiger partial charge on any atom is 0.238 e. The van der Waals surface area contributed by atoms with Crippen molar-refractivity contribution in [3.8, 4) is 28.7 Å². The van der Waals surface area contributed by atoms with Crippen molar-refractivity contribution in [2.75, 3.05) is 0 Å². The number of rotatable bonds is 3. The topological polar surface area (TPSA) is 59.4 Å². The molecule has 0 spiro atoms. The lowest BCUT2D eigenvalue weighted by Gasteiger charge is -2.21. The molecule has 0 atom stereocenters. The standard InChI is InChI=1S/C39H18B5N5S/c40-30-29(31(41)33(43)34(44)32(30)42)38-46-37(23-12-7-11-21-19-9-3-6-15-27(19)50-36(21)23)47-39(48-38)49-25-14-5-2-10-22(25)28-26(49)17-16-20-18-8-1-4-13-24(18)45-35(20)28/h1-17,45H. The van der Waals surface area contributed by atoms with Gasteiger partial charge in [0.15, 0.2) is 11.6 Å². The van der Waals surface area contributed by atoms with E-state index in [1.807, 2.05) is 42.5 Å². The van der Waals surface area contributed by atoms with Gasteiger partial charge in [-0.15, -0.1) is 27.7 Å². The minimum atomic E-state index is 0.123. The van der Waals surface area contributed by atoms with Crippen LogP contribution < -0.4 is 27.3 Å². The summed E-state index contributed by atoms with van der Waals surface area (Å²) in [5.74, 6) is 1.07. The number of benzene rings is 6. The average molecular weight is 643 g/mol. The number of aromatic amines is 1. The van der Waals surface area contributed by atoms with Crippen LogP contribution in [0.4, 0.5) is 0 Å². The van der Waals surface area contributed by atoms with Gasteiger partial charge in [0.05, 0.1) is 16.6 Å². The van der Waals surface area contributed by atoms with E-state index < -0.39 is 0 Å². The van der Waals surface area contributed by atoms with E-state index in [2.05, 4.69) is 70.2 Å². The Morgan fingerprint density at radius 1 is 0.520 bits per heavy atom. The molecular weight excluding hydrogens is 625 g/mol. The molecule has 1 N–H and O–H groups in total. The molecule has 0 saturated carbocycles. The van der Waals surface area contributed by atoms with E-state index >= 15 is 0 Å². The van der Waals surface area contributed by atoms with E-state index in [4.69, 9.17) is 54.2 Å². The molecule has 0 bridgehead atoms. The highest BCUT2D eigenvalue weighted by Gasteiger charge is 2.23. The van der Waals surface area contributed by atoms with Crippen LogP contribution in [-0.2, 0) is 0 Å². The summed E-state index contributed by atoms with van der Waals surface area (Å²) in [6, 6.07) is 35.4. The number of aromatic nitrogens is 5. The summed E-state index contributed by atoms with van der Waals surface area (Å²) in [5.41, 5.74) is 5.78. The Bertz CT molecular complexity index is 3040. The Kier molecular flexibility index (Phi) is 6.31. The third-order valence-corrected chi connectivity index (χ3v) is 10.9. The summed E-state index contributed by atoms with van der Waals surface area (Å²) >= 11 is 1.69. The SMILES string of the molecule is [B]c1c([B])c([B])c(-c2nc(-c3cccc4c3sc3ccccc34)nc(-n3c4ccccc4c4c5[nH]c6ccccc6c5ccc43)n2)c([B])c1[B]. The largest absolute Gasteiger partial charge is 0.354 e. The fourth-order valence-electron chi connectivity index (χ4n) is 7.30. The van der Waals surface area contributed by atoms with Crippen molar-refractivity contribution >= 4 is 142 Å². The lowest BCUT2D eigenvalue weighted by atomic mass is 9.60. The van der Waals surface area contributed by atoms with Crippen molar-refractivity contribution in [3.63, 3.8) is 0 Å². The van der Waals surface area contributed by atoms with Crippen LogP contribution in [0.5, 0.6) is 0 Å². The van der Waals surface area contributed by atoms with Gasteiger partial charge in [0.1, 0.15) is 39.2 Å². The summed E-state index contributed by atoms with van der Waals surface area (Å²) in [4.78, 5) is 19.0. The zero-order valence-electron chi connectivity index (χ0n) is 26.4. The summed E-state index contributed by atoms with van der Waals surface area (Å²) in [6.45, 7) is 0. The highest BCUT2D eigenvalue weighted by molar-refractivity contribution is 7.26. The first-order valence-corrected chi connectivity index (χ1v) is 16.8. The first-order valence-electron chi connectivity index (χ1n) is 16.0. The number of nitrogens with one attached hydrogen (secondary N) is 1. The quantitative estimate of drug-likeness (QED) is 0.293. The third-order valence-electron chi connectivity index (χ3n) is 9.71. The minimum Gasteiger partial charge on any atom is -0.354 e. The Labute approximate surface area is 296 Å². The fraction of sp³-hybridized carbons (Fsp3) is 0. The van der Waals surface area contributed by atoms with Gasteiger partial charge in [-0.25, -0.2) is 4.98 Å². The zero-order chi connectivity index (χ0) is 33.8. The third kappa shape index (κ3) is 4.04. The Hall–Kier alpha value is -5.53. The molecule has 220 valence electrons. The van der Waals surface area contributed by atoms with Crippen molar-refractivity contribution in [1.82, 2.24) is 24.5 Å². The van der Waals surface area contributed by atoms with Gasteiger partial charge in [-0.05, 0) is 30.3 Å². The molecule has 0 aliphatic rings. The van der Waals surface area contributed by atoms with Crippen LogP contribution in [0, 0.1) is 0 Å². The maximum atomic E-state index is 6.61. The summed E-state index contributed by atoms with van der Waals surface area (Å²) in [5, 5.41) is 6.69. The summed E-state index contributed by atoms with van der Waals surface area (Å²) < 4.78 is 4.28. The van der Waals surface area contributed by atoms with Crippen LogP contribution in [-0.4, -0.2) is 63.7 Å². The van der Waals surface area contributed by atoms with Gasteiger partial charge in [-0.2, -0.15) is 9.97 Å². The first-order chi connectivity index (χ1) is 24.4. The number of fused-ring (bicyclic) bond motifs is 10. The van der Waals surface area contributed by atoms with Crippen LogP contribution in [0.25, 0.3) is 92.5 Å². The Balaban J connectivity index is 1.34. The van der Waals surface area contributed by atoms with Crippen molar-refractivity contribution in [3.05, 3.63) is 103 Å². The minimum absolute atomic E-state index is 0.123. The van der Waals surface area contributed by atoms with Crippen LogP contribution >= 0.6 is 11.3 Å². The van der Waals surface area contributed by atoms with E-state index in [9.17, 15) is 0 Å². The highest BCUT2D eigenvalue weighted by Crippen LogP contribution is 2.41. The molecule has 0 aliphatic heterocycles.